The zero-order valence-electron chi connectivity index (χ0n) is 13.7. The van der Waals surface area contributed by atoms with Crippen LogP contribution in [0.15, 0.2) is 57.3 Å². The second kappa shape index (κ2) is 5.69. The van der Waals surface area contributed by atoms with Gasteiger partial charge in [0.2, 0.25) is 0 Å². The van der Waals surface area contributed by atoms with Gasteiger partial charge in [-0.2, -0.15) is 0 Å². The molecular weight excluding hydrogens is 366 g/mol. The number of nitrogens with zero attached hydrogens (tertiary/aromatic N) is 1. The summed E-state index contributed by atoms with van der Waals surface area (Å²) in [6, 6.07) is 11.4. The Kier molecular flexibility index (Phi) is 3.41. The van der Waals surface area contributed by atoms with Crippen LogP contribution in [0.3, 0.4) is 0 Å². The molecule has 0 bridgehead atoms. The van der Waals surface area contributed by atoms with E-state index in [1.54, 1.807) is 11.3 Å². The monoisotopic (exact) mass is 379 g/mol. The van der Waals surface area contributed by atoms with Crippen LogP contribution in [0.1, 0.15) is 32.3 Å². The summed E-state index contributed by atoms with van der Waals surface area (Å²) in [7, 11) is 0. The molecule has 0 amide bonds. The minimum Gasteiger partial charge on any atom is -0.339 e. The number of nitrogens with one attached hydrogen (secondary N) is 2. The number of aromatic amines is 1. The number of thiophene rings is 1. The number of allylic oxidation sites excluding steroid dienone is 1. The van der Waals surface area contributed by atoms with Gasteiger partial charge >= 0.3 is 0 Å². The van der Waals surface area contributed by atoms with E-state index < -0.39 is 5.92 Å². The Balaban J connectivity index is 1.82. The Bertz CT molecular complexity index is 1150. The van der Waals surface area contributed by atoms with E-state index in [1.165, 1.54) is 11.8 Å². The van der Waals surface area contributed by atoms with Gasteiger partial charge in [-0.15, -0.1) is 11.3 Å². The van der Waals surface area contributed by atoms with Crippen LogP contribution in [0.2, 0.25) is 0 Å². The molecule has 3 aromatic rings. The summed E-state index contributed by atoms with van der Waals surface area (Å²) in [5.74, 6) is 0.0913. The third-order valence-electron chi connectivity index (χ3n) is 4.73. The Morgan fingerprint density at radius 2 is 1.92 bits per heavy atom. The predicted molar refractivity (Wildman–Crippen MR) is 104 cm³/mol. The number of thioether (sulfide) groups is 1. The van der Waals surface area contributed by atoms with Crippen molar-refractivity contribution in [2.45, 2.75) is 11.1 Å². The fourth-order valence-electron chi connectivity index (χ4n) is 3.64. The van der Waals surface area contributed by atoms with Crippen molar-refractivity contribution in [3.8, 4) is 0 Å². The van der Waals surface area contributed by atoms with Crippen LogP contribution >= 0.6 is 23.1 Å². The Hall–Kier alpha value is -2.64. The Labute approximate surface area is 157 Å². The third-order valence-corrected chi connectivity index (χ3v) is 6.25. The number of carbonyl (C=O) groups is 1. The first-order chi connectivity index (χ1) is 12.7. The van der Waals surface area contributed by atoms with Crippen molar-refractivity contribution in [3.63, 3.8) is 0 Å². The predicted octanol–water partition coefficient (Wildman–Crippen LogP) is 3.72. The van der Waals surface area contributed by atoms with Gasteiger partial charge in [-0.1, -0.05) is 42.1 Å². The summed E-state index contributed by atoms with van der Waals surface area (Å²) in [5, 5.41) is 5.78. The zero-order valence-corrected chi connectivity index (χ0v) is 15.3. The fourth-order valence-corrected chi connectivity index (χ4v) is 4.86. The number of ketones is 1. The maximum absolute atomic E-state index is 13.2. The fraction of sp³-hybridized carbons (Fsp3) is 0.105. The van der Waals surface area contributed by atoms with Crippen LogP contribution in [0, 0.1) is 0 Å². The molecule has 3 heterocycles. The van der Waals surface area contributed by atoms with Crippen molar-refractivity contribution in [2.75, 3.05) is 11.6 Å². The number of rotatable bonds is 2. The number of hydrogen-bond donors (Lipinski definition) is 2. The van der Waals surface area contributed by atoms with Gasteiger partial charge in [0, 0.05) is 21.6 Å². The van der Waals surface area contributed by atoms with E-state index in [0.29, 0.717) is 27.7 Å². The van der Waals surface area contributed by atoms with Crippen LogP contribution in [-0.2, 0) is 0 Å². The summed E-state index contributed by atoms with van der Waals surface area (Å²) >= 11 is 2.92. The van der Waals surface area contributed by atoms with Crippen molar-refractivity contribution >= 4 is 40.4 Å². The first kappa shape index (κ1) is 15.6. The molecule has 0 radical (unpaired) electrons. The molecule has 0 saturated heterocycles. The van der Waals surface area contributed by atoms with Gasteiger partial charge in [0.1, 0.15) is 5.82 Å². The number of fused-ring (bicyclic) bond motifs is 3. The largest absolute Gasteiger partial charge is 0.339 e. The van der Waals surface area contributed by atoms with Crippen molar-refractivity contribution < 1.29 is 4.79 Å². The first-order valence-corrected chi connectivity index (χ1v) is 10.2. The van der Waals surface area contributed by atoms with Crippen LogP contribution < -0.4 is 10.9 Å². The number of Topliss-reactive ketones (excluding diaryl/α,β-unsaturated/α-hetero) is 1. The first-order valence-electron chi connectivity index (χ1n) is 8.06. The van der Waals surface area contributed by atoms with Crippen molar-refractivity contribution in [2.24, 2.45) is 0 Å². The smallest absolute Gasteiger partial charge is 0.257 e. The Morgan fingerprint density at radius 1 is 1.12 bits per heavy atom. The molecule has 1 atom stereocenters. The lowest BCUT2D eigenvalue weighted by molar-refractivity contribution is 0.103. The van der Waals surface area contributed by atoms with E-state index >= 15 is 0 Å². The lowest BCUT2D eigenvalue weighted by Gasteiger charge is -2.26. The summed E-state index contributed by atoms with van der Waals surface area (Å²) in [5.41, 5.74) is 3.23. The molecule has 0 saturated carbocycles. The molecule has 2 aromatic heterocycles. The molecule has 5 rings (SSSR count). The van der Waals surface area contributed by atoms with E-state index in [4.69, 9.17) is 0 Å². The van der Waals surface area contributed by atoms with Crippen LogP contribution in [0.4, 0.5) is 5.82 Å². The third kappa shape index (κ3) is 2.07. The molecule has 26 heavy (non-hydrogen) atoms. The van der Waals surface area contributed by atoms with Gasteiger partial charge in [0.25, 0.3) is 5.56 Å². The molecule has 128 valence electrons. The lowest BCUT2D eigenvalue weighted by Crippen LogP contribution is -2.28. The van der Waals surface area contributed by atoms with E-state index in [-0.39, 0.29) is 11.3 Å². The maximum Gasteiger partial charge on any atom is 0.257 e. The average molecular weight is 379 g/mol. The maximum atomic E-state index is 13.2. The van der Waals surface area contributed by atoms with Gasteiger partial charge < -0.3 is 10.3 Å². The van der Waals surface area contributed by atoms with E-state index in [2.05, 4.69) is 15.3 Å². The molecular formula is C19H13N3O2S2. The molecule has 1 aromatic carbocycles. The van der Waals surface area contributed by atoms with Gasteiger partial charge in [-0.3, -0.25) is 9.59 Å². The van der Waals surface area contributed by atoms with Gasteiger partial charge in [-0.25, -0.2) is 4.98 Å². The SMILES string of the molecule is CSc1nc2c(c(=O)[nH]1)C(c1cccs1)C1=C(N2)c2ccccc2C1=O. The van der Waals surface area contributed by atoms with Gasteiger partial charge in [0.15, 0.2) is 10.9 Å². The molecule has 5 nitrogen and oxygen atoms in total. The molecule has 0 fully saturated rings. The number of benzene rings is 1. The summed E-state index contributed by atoms with van der Waals surface area (Å²) < 4.78 is 0. The highest BCUT2D eigenvalue weighted by atomic mass is 32.2. The number of hydrogen-bond acceptors (Lipinski definition) is 6. The number of aromatic nitrogens is 2. The molecule has 1 unspecified atom stereocenters. The normalized spacial score (nSPS) is 17.6. The van der Waals surface area contributed by atoms with E-state index in [1.807, 2.05) is 48.0 Å². The standard InChI is InChI=1S/C19H13N3O2S2/c1-25-19-21-17-14(18(24)22-19)12(11-7-4-8-26-11)13-15(20-17)9-5-2-3-6-10(9)16(13)23/h2-8,12H,1H3,(H2,20,21,22,24). The van der Waals surface area contributed by atoms with Crippen LogP contribution in [-0.4, -0.2) is 22.0 Å². The topological polar surface area (TPSA) is 74.8 Å². The average Bonchev–Trinajstić information content (AvgIpc) is 3.28. The summed E-state index contributed by atoms with van der Waals surface area (Å²) in [6.45, 7) is 0. The van der Waals surface area contributed by atoms with E-state index in [9.17, 15) is 9.59 Å². The number of anilines is 1. The molecule has 7 heteroatoms. The second-order valence-electron chi connectivity index (χ2n) is 6.07. The lowest BCUT2D eigenvalue weighted by atomic mass is 9.86. The summed E-state index contributed by atoms with van der Waals surface area (Å²) in [4.78, 5) is 34.3. The summed E-state index contributed by atoms with van der Waals surface area (Å²) in [6.07, 6.45) is 1.86. The highest BCUT2D eigenvalue weighted by Gasteiger charge is 2.42. The van der Waals surface area contributed by atoms with Gasteiger partial charge in [0.05, 0.1) is 17.2 Å². The number of H-pyrrole nitrogens is 1. The minimum atomic E-state index is -0.409. The van der Waals surface area contributed by atoms with Gasteiger partial charge in [-0.05, 0) is 17.7 Å². The highest BCUT2D eigenvalue weighted by molar-refractivity contribution is 7.98. The van der Waals surface area contributed by atoms with Crippen molar-refractivity contribution in [3.05, 3.63) is 79.3 Å². The quantitative estimate of drug-likeness (QED) is 0.524. The van der Waals surface area contributed by atoms with E-state index in [0.717, 1.165) is 16.1 Å². The van der Waals surface area contributed by atoms with Crippen LogP contribution in [0.25, 0.3) is 5.70 Å². The molecule has 0 spiro atoms. The molecule has 2 aliphatic rings. The van der Waals surface area contributed by atoms with Crippen molar-refractivity contribution in [1.82, 2.24) is 9.97 Å². The minimum absolute atomic E-state index is 0.0273. The van der Waals surface area contributed by atoms with Crippen molar-refractivity contribution in [1.29, 1.82) is 0 Å². The molecule has 1 aliphatic heterocycles. The Morgan fingerprint density at radius 3 is 2.65 bits per heavy atom. The zero-order chi connectivity index (χ0) is 17.8. The van der Waals surface area contributed by atoms with Crippen LogP contribution in [0.5, 0.6) is 0 Å². The number of carbonyl (C=O) groups excluding carboxylic acids is 1. The highest BCUT2D eigenvalue weighted by Crippen LogP contribution is 2.48. The second-order valence-corrected chi connectivity index (χ2v) is 7.85. The molecule has 1 aliphatic carbocycles. The molecule has 2 N–H and O–H groups in total.